The summed E-state index contributed by atoms with van der Waals surface area (Å²) in [6, 6.07) is 6.27. The Labute approximate surface area is 131 Å². The number of fused-ring (bicyclic) bond motifs is 1. The molecular formula is C18H23N3O. The van der Waals surface area contributed by atoms with E-state index >= 15 is 0 Å². The lowest BCUT2D eigenvalue weighted by molar-refractivity contribution is 0.0511. The number of hydrogen-bond acceptors (Lipinski definition) is 3. The second kappa shape index (κ2) is 5.67. The molecule has 0 radical (unpaired) electrons. The van der Waals surface area contributed by atoms with Crippen LogP contribution in [0.3, 0.4) is 0 Å². The summed E-state index contributed by atoms with van der Waals surface area (Å²) in [6.07, 6.45) is 3.37. The lowest BCUT2D eigenvalue weighted by Crippen LogP contribution is -2.47. The predicted molar refractivity (Wildman–Crippen MR) is 88.0 cm³/mol. The standard InChI is InChI=1S/C18H23N3O/c1-11-6-5-7-12(2)21(11)18(22)15-8-9-16-17(10-15)20-14(4)13(3)19-16/h8-12H,5-7H2,1-4H3. The van der Waals surface area contributed by atoms with Gasteiger partial charge in [-0.2, -0.15) is 0 Å². The average molecular weight is 297 g/mol. The highest BCUT2D eigenvalue weighted by atomic mass is 16.2. The van der Waals surface area contributed by atoms with Gasteiger partial charge in [-0.1, -0.05) is 0 Å². The van der Waals surface area contributed by atoms with Crippen LogP contribution in [0.5, 0.6) is 0 Å². The summed E-state index contributed by atoms with van der Waals surface area (Å²) >= 11 is 0. The zero-order chi connectivity index (χ0) is 15.9. The van der Waals surface area contributed by atoms with Gasteiger partial charge in [-0.05, 0) is 65.2 Å². The fraction of sp³-hybridized carbons (Fsp3) is 0.500. The van der Waals surface area contributed by atoms with Crippen LogP contribution in [0.15, 0.2) is 18.2 Å². The topological polar surface area (TPSA) is 46.1 Å². The normalized spacial score (nSPS) is 22.1. The van der Waals surface area contributed by atoms with Gasteiger partial charge in [-0.25, -0.2) is 9.97 Å². The van der Waals surface area contributed by atoms with Crippen molar-refractivity contribution in [1.82, 2.24) is 14.9 Å². The van der Waals surface area contributed by atoms with Crippen LogP contribution in [0.25, 0.3) is 11.0 Å². The van der Waals surface area contributed by atoms with E-state index in [0.717, 1.165) is 35.3 Å². The number of carbonyl (C=O) groups is 1. The summed E-state index contributed by atoms with van der Waals surface area (Å²) in [5, 5.41) is 0. The lowest BCUT2D eigenvalue weighted by atomic mass is 9.96. The first kappa shape index (κ1) is 14.9. The van der Waals surface area contributed by atoms with Gasteiger partial charge in [0.2, 0.25) is 0 Å². The third kappa shape index (κ3) is 2.58. The molecule has 2 heterocycles. The SMILES string of the molecule is Cc1nc2ccc(C(=O)N3C(C)CCCC3C)cc2nc1C. The summed E-state index contributed by atoms with van der Waals surface area (Å²) in [7, 11) is 0. The van der Waals surface area contributed by atoms with Gasteiger partial charge in [0, 0.05) is 17.6 Å². The number of piperidine rings is 1. The average Bonchev–Trinajstić information content (AvgIpc) is 2.47. The first-order chi connectivity index (χ1) is 10.5. The smallest absolute Gasteiger partial charge is 0.254 e. The fourth-order valence-electron chi connectivity index (χ4n) is 3.33. The zero-order valence-electron chi connectivity index (χ0n) is 13.8. The fourth-order valence-corrected chi connectivity index (χ4v) is 3.33. The number of benzene rings is 1. The Kier molecular flexibility index (Phi) is 3.85. The van der Waals surface area contributed by atoms with Crippen molar-refractivity contribution in [2.24, 2.45) is 0 Å². The molecule has 2 aromatic rings. The van der Waals surface area contributed by atoms with Crippen LogP contribution in [-0.2, 0) is 0 Å². The predicted octanol–water partition coefficient (Wildman–Crippen LogP) is 3.65. The minimum Gasteiger partial charge on any atom is -0.333 e. The van der Waals surface area contributed by atoms with Gasteiger partial charge in [0.15, 0.2) is 0 Å². The van der Waals surface area contributed by atoms with Crippen molar-refractivity contribution in [2.75, 3.05) is 0 Å². The molecule has 1 aliphatic rings. The van der Waals surface area contributed by atoms with Crippen LogP contribution in [-0.4, -0.2) is 32.9 Å². The van der Waals surface area contributed by atoms with Crippen LogP contribution in [0.4, 0.5) is 0 Å². The second-order valence-electron chi connectivity index (χ2n) is 6.44. The largest absolute Gasteiger partial charge is 0.333 e. The molecule has 1 aromatic carbocycles. The molecule has 0 saturated carbocycles. The van der Waals surface area contributed by atoms with Crippen LogP contribution >= 0.6 is 0 Å². The lowest BCUT2D eigenvalue weighted by Gasteiger charge is -2.39. The Hall–Kier alpha value is -1.97. The third-order valence-electron chi connectivity index (χ3n) is 4.75. The molecule has 4 heteroatoms. The van der Waals surface area contributed by atoms with E-state index in [1.165, 1.54) is 6.42 Å². The summed E-state index contributed by atoms with van der Waals surface area (Å²) in [5.41, 5.74) is 4.21. The maximum absolute atomic E-state index is 12.9. The van der Waals surface area contributed by atoms with Gasteiger partial charge in [-0.15, -0.1) is 0 Å². The molecule has 1 aromatic heterocycles. The van der Waals surface area contributed by atoms with Crippen LogP contribution in [0.1, 0.15) is 54.9 Å². The van der Waals surface area contributed by atoms with E-state index in [0.29, 0.717) is 17.6 Å². The summed E-state index contributed by atoms with van der Waals surface area (Å²) < 4.78 is 0. The monoisotopic (exact) mass is 297 g/mol. The molecule has 0 spiro atoms. The minimum absolute atomic E-state index is 0.113. The van der Waals surface area contributed by atoms with E-state index in [9.17, 15) is 4.79 Å². The zero-order valence-corrected chi connectivity index (χ0v) is 13.8. The number of carbonyl (C=O) groups excluding carboxylic acids is 1. The molecule has 4 nitrogen and oxygen atoms in total. The molecule has 2 atom stereocenters. The van der Waals surface area contributed by atoms with Crippen molar-refractivity contribution in [1.29, 1.82) is 0 Å². The molecule has 1 amide bonds. The molecule has 0 bridgehead atoms. The maximum atomic E-state index is 12.9. The van der Waals surface area contributed by atoms with E-state index in [2.05, 4.69) is 23.8 Å². The van der Waals surface area contributed by atoms with Crippen molar-refractivity contribution in [2.45, 2.75) is 59.0 Å². The van der Waals surface area contributed by atoms with Gasteiger partial charge < -0.3 is 4.90 Å². The molecule has 116 valence electrons. The van der Waals surface area contributed by atoms with Crippen molar-refractivity contribution < 1.29 is 4.79 Å². The number of hydrogen-bond donors (Lipinski definition) is 0. The van der Waals surface area contributed by atoms with Crippen LogP contribution < -0.4 is 0 Å². The van der Waals surface area contributed by atoms with Crippen molar-refractivity contribution in [3.63, 3.8) is 0 Å². The molecular weight excluding hydrogens is 274 g/mol. The number of likely N-dealkylation sites (tertiary alicyclic amines) is 1. The van der Waals surface area contributed by atoms with Crippen molar-refractivity contribution >= 4 is 16.9 Å². The number of nitrogens with zero attached hydrogens (tertiary/aromatic N) is 3. The second-order valence-corrected chi connectivity index (χ2v) is 6.44. The highest BCUT2D eigenvalue weighted by Crippen LogP contribution is 2.25. The molecule has 1 saturated heterocycles. The first-order valence-electron chi connectivity index (χ1n) is 8.05. The molecule has 22 heavy (non-hydrogen) atoms. The van der Waals surface area contributed by atoms with Crippen molar-refractivity contribution in [3.05, 3.63) is 35.2 Å². The van der Waals surface area contributed by atoms with Gasteiger partial charge >= 0.3 is 0 Å². The minimum atomic E-state index is 0.113. The molecule has 1 fully saturated rings. The number of aromatic nitrogens is 2. The van der Waals surface area contributed by atoms with Gasteiger partial charge in [0.05, 0.1) is 22.4 Å². The van der Waals surface area contributed by atoms with Crippen LogP contribution in [0.2, 0.25) is 0 Å². The number of amides is 1. The summed E-state index contributed by atoms with van der Waals surface area (Å²) in [5.74, 6) is 0.113. The molecule has 0 aliphatic carbocycles. The van der Waals surface area contributed by atoms with E-state index in [1.807, 2.05) is 36.9 Å². The summed E-state index contributed by atoms with van der Waals surface area (Å²) in [4.78, 5) is 24.0. The van der Waals surface area contributed by atoms with Crippen molar-refractivity contribution in [3.8, 4) is 0 Å². The Morgan fingerprint density at radius 1 is 1.05 bits per heavy atom. The van der Waals surface area contributed by atoms with Gasteiger partial charge in [-0.3, -0.25) is 4.79 Å². The molecule has 0 N–H and O–H groups in total. The molecule has 3 rings (SSSR count). The Morgan fingerprint density at radius 2 is 1.64 bits per heavy atom. The van der Waals surface area contributed by atoms with Gasteiger partial charge in [0.25, 0.3) is 5.91 Å². The molecule has 2 unspecified atom stereocenters. The number of rotatable bonds is 1. The maximum Gasteiger partial charge on any atom is 0.254 e. The quantitative estimate of drug-likeness (QED) is 0.807. The molecule has 1 aliphatic heterocycles. The van der Waals surface area contributed by atoms with E-state index in [-0.39, 0.29) is 5.91 Å². The van der Waals surface area contributed by atoms with E-state index in [1.54, 1.807) is 0 Å². The van der Waals surface area contributed by atoms with Crippen LogP contribution in [0, 0.1) is 13.8 Å². The Balaban J connectivity index is 1.98. The van der Waals surface area contributed by atoms with E-state index in [4.69, 9.17) is 0 Å². The summed E-state index contributed by atoms with van der Waals surface area (Å²) in [6.45, 7) is 8.19. The number of aryl methyl sites for hydroxylation is 2. The Morgan fingerprint density at radius 3 is 2.27 bits per heavy atom. The Bertz CT molecular complexity index is 716. The highest BCUT2D eigenvalue weighted by Gasteiger charge is 2.29. The highest BCUT2D eigenvalue weighted by molar-refractivity contribution is 5.97. The first-order valence-corrected chi connectivity index (χ1v) is 8.05. The third-order valence-corrected chi connectivity index (χ3v) is 4.75. The van der Waals surface area contributed by atoms with Gasteiger partial charge in [0.1, 0.15) is 0 Å². The van der Waals surface area contributed by atoms with E-state index < -0.39 is 0 Å².